The van der Waals surface area contributed by atoms with Crippen molar-refractivity contribution in [1.82, 2.24) is 0 Å². The lowest BCUT2D eigenvalue weighted by molar-refractivity contribution is -0.164. The molecule has 28 heavy (non-hydrogen) atoms. The standard InChI is InChI=1S/C24H42O4/c1-6-7-10-13-24(5)16-23(3,4)14-17(2)20(24)15-28-22(27)19-12-9-8-11-18(19)21(25)26/h17-20H,6-16H2,1-5H3,(H,25,26). The van der Waals surface area contributed by atoms with Crippen molar-refractivity contribution in [2.24, 2.45) is 34.5 Å². The Hall–Kier alpha value is -1.06. The van der Waals surface area contributed by atoms with Crippen LogP contribution < -0.4 is 0 Å². The molecular formula is C24H42O4. The van der Waals surface area contributed by atoms with E-state index in [0.29, 0.717) is 36.7 Å². The zero-order valence-electron chi connectivity index (χ0n) is 18.8. The van der Waals surface area contributed by atoms with Crippen molar-refractivity contribution in [2.75, 3.05) is 6.61 Å². The second-order valence-electron chi connectivity index (χ2n) is 10.7. The molecule has 162 valence electrons. The minimum Gasteiger partial charge on any atom is -0.481 e. The summed E-state index contributed by atoms with van der Waals surface area (Å²) in [5.41, 5.74) is 0.494. The maximum absolute atomic E-state index is 12.8. The van der Waals surface area contributed by atoms with Crippen molar-refractivity contribution in [3.63, 3.8) is 0 Å². The Labute approximate surface area is 171 Å². The van der Waals surface area contributed by atoms with E-state index in [-0.39, 0.29) is 11.4 Å². The third-order valence-electron chi connectivity index (χ3n) is 7.48. The summed E-state index contributed by atoms with van der Waals surface area (Å²) < 4.78 is 5.84. The van der Waals surface area contributed by atoms with E-state index in [2.05, 4.69) is 34.6 Å². The van der Waals surface area contributed by atoms with Crippen LogP contribution in [-0.2, 0) is 14.3 Å². The van der Waals surface area contributed by atoms with Crippen molar-refractivity contribution in [3.8, 4) is 0 Å². The molecule has 0 aromatic heterocycles. The van der Waals surface area contributed by atoms with Gasteiger partial charge in [-0.1, -0.05) is 66.7 Å². The normalized spacial score (nSPS) is 35.3. The molecule has 5 atom stereocenters. The van der Waals surface area contributed by atoms with E-state index in [1.807, 2.05) is 0 Å². The van der Waals surface area contributed by atoms with Gasteiger partial charge in [-0.25, -0.2) is 0 Å². The molecule has 4 nitrogen and oxygen atoms in total. The van der Waals surface area contributed by atoms with E-state index in [1.165, 1.54) is 25.7 Å². The number of ether oxygens (including phenoxy) is 1. The van der Waals surface area contributed by atoms with Gasteiger partial charge in [0.1, 0.15) is 0 Å². The van der Waals surface area contributed by atoms with Gasteiger partial charge in [0, 0.05) is 5.92 Å². The Morgan fingerprint density at radius 3 is 2.32 bits per heavy atom. The number of unbranched alkanes of at least 4 members (excludes halogenated alkanes) is 2. The number of carboxylic acids is 1. The first-order valence-electron chi connectivity index (χ1n) is 11.5. The van der Waals surface area contributed by atoms with E-state index in [4.69, 9.17) is 4.74 Å². The Kier molecular flexibility index (Phi) is 7.98. The van der Waals surface area contributed by atoms with Crippen LogP contribution in [0.15, 0.2) is 0 Å². The van der Waals surface area contributed by atoms with Crippen LogP contribution in [0.1, 0.15) is 98.8 Å². The molecule has 5 unspecified atom stereocenters. The van der Waals surface area contributed by atoms with E-state index in [9.17, 15) is 14.7 Å². The molecule has 0 spiro atoms. The average Bonchev–Trinajstić information content (AvgIpc) is 2.60. The van der Waals surface area contributed by atoms with Gasteiger partial charge in [-0.2, -0.15) is 0 Å². The van der Waals surface area contributed by atoms with E-state index < -0.39 is 17.8 Å². The van der Waals surface area contributed by atoms with Crippen molar-refractivity contribution < 1.29 is 19.4 Å². The number of hydrogen-bond donors (Lipinski definition) is 1. The number of carboxylic acid groups (broad SMARTS) is 1. The van der Waals surface area contributed by atoms with Gasteiger partial charge in [0.2, 0.25) is 0 Å². The molecule has 0 radical (unpaired) electrons. The predicted octanol–water partition coefficient (Wildman–Crippen LogP) is 6.08. The molecule has 0 aromatic rings. The molecule has 0 aromatic carbocycles. The summed E-state index contributed by atoms with van der Waals surface area (Å²) in [6.07, 6.45) is 10.2. The maximum atomic E-state index is 12.8. The van der Waals surface area contributed by atoms with Gasteiger partial charge >= 0.3 is 11.9 Å². The van der Waals surface area contributed by atoms with Gasteiger partial charge in [-0.3, -0.25) is 9.59 Å². The minimum absolute atomic E-state index is 0.176. The van der Waals surface area contributed by atoms with Crippen LogP contribution in [-0.4, -0.2) is 23.7 Å². The fourth-order valence-electron chi connectivity index (χ4n) is 6.40. The summed E-state index contributed by atoms with van der Waals surface area (Å²) in [5.74, 6) is -1.30. The number of carbonyl (C=O) groups excluding carboxylic acids is 1. The van der Waals surface area contributed by atoms with E-state index in [0.717, 1.165) is 25.7 Å². The van der Waals surface area contributed by atoms with Gasteiger partial charge < -0.3 is 9.84 Å². The first-order chi connectivity index (χ1) is 13.1. The predicted molar refractivity (Wildman–Crippen MR) is 112 cm³/mol. The number of aliphatic carboxylic acids is 1. The number of esters is 1. The van der Waals surface area contributed by atoms with Crippen LogP contribution in [0.25, 0.3) is 0 Å². The Morgan fingerprint density at radius 2 is 1.71 bits per heavy atom. The van der Waals surface area contributed by atoms with Gasteiger partial charge in [0.15, 0.2) is 0 Å². The van der Waals surface area contributed by atoms with Crippen molar-refractivity contribution in [3.05, 3.63) is 0 Å². The highest BCUT2D eigenvalue weighted by Crippen LogP contribution is 2.54. The molecule has 2 aliphatic carbocycles. The zero-order chi connectivity index (χ0) is 20.9. The molecule has 2 fully saturated rings. The number of hydrogen-bond acceptors (Lipinski definition) is 3. The lowest BCUT2D eigenvalue weighted by Gasteiger charge is -2.52. The van der Waals surface area contributed by atoms with Crippen molar-refractivity contribution in [2.45, 2.75) is 98.8 Å². The quantitative estimate of drug-likeness (QED) is 0.400. The Balaban J connectivity index is 2.06. The molecule has 0 bridgehead atoms. The van der Waals surface area contributed by atoms with Crippen LogP contribution >= 0.6 is 0 Å². The topological polar surface area (TPSA) is 63.6 Å². The van der Waals surface area contributed by atoms with Crippen LogP contribution in [0.2, 0.25) is 0 Å². The van der Waals surface area contributed by atoms with Crippen LogP contribution in [0.4, 0.5) is 0 Å². The Morgan fingerprint density at radius 1 is 1.07 bits per heavy atom. The van der Waals surface area contributed by atoms with Crippen molar-refractivity contribution >= 4 is 11.9 Å². The van der Waals surface area contributed by atoms with Crippen LogP contribution in [0, 0.1) is 34.5 Å². The molecule has 2 saturated carbocycles. The summed E-state index contributed by atoms with van der Waals surface area (Å²) in [6.45, 7) is 12.1. The summed E-state index contributed by atoms with van der Waals surface area (Å²) in [5, 5.41) is 9.47. The molecule has 0 amide bonds. The third-order valence-corrected chi connectivity index (χ3v) is 7.48. The second-order valence-corrected chi connectivity index (χ2v) is 10.7. The van der Waals surface area contributed by atoms with Crippen molar-refractivity contribution in [1.29, 1.82) is 0 Å². The van der Waals surface area contributed by atoms with Crippen LogP contribution in [0.5, 0.6) is 0 Å². The van der Waals surface area contributed by atoms with Gasteiger partial charge in [0.05, 0.1) is 18.4 Å². The van der Waals surface area contributed by atoms with E-state index >= 15 is 0 Å². The molecule has 2 aliphatic rings. The van der Waals surface area contributed by atoms with Gasteiger partial charge in [-0.05, 0) is 48.9 Å². The third kappa shape index (κ3) is 5.73. The largest absolute Gasteiger partial charge is 0.481 e. The minimum atomic E-state index is -0.848. The summed E-state index contributed by atoms with van der Waals surface area (Å²) in [7, 11) is 0. The van der Waals surface area contributed by atoms with E-state index in [1.54, 1.807) is 0 Å². The Bertz CT molecular complexity index is 541. The lowest BCUT2D eigenvalue weighted by Crippen LogP contribution is -2.46. The highest BCUT2D eigenvalue weighted by Gasteiger charge is 2.47. The highest BCUT2D eigenvalue weighted by molar-refractivity contribution is 5.81. The van der Waals surface area contributed by atoms with Gasteiger partial charge in [-0.15, -0.1) is 0 Å². The monoisotopic (exact) mass is 394 g/mol. The molecule has 1 N–H and O–H groups in total. The van der Waals surface area contributed by atoms with Gasteiger partial charge in [0.25, 0.3) is 0 Å². The molecule has 0 saturated heterocycles. The summed E-state index contributed by atoms with van der Waals surface area (Å²) in [4.78, 5) is 24.3. The van der Waals surface area contributed by atoms with Crippen LogP contribution in [0.3, 0.4) is 0 Å². The average molecular weight is 395 g/mol. The fraction of sp³-hybridized carbons (Fsp3) is 0.917. The first kappa shape index (κ1) is 23.2. The maximum Gasteiger partial charge on any atom is 0.309 e. The number of rotatable bonds is 8. The fourth-order valence-corrected chi connectivity index (χ4v) is 6.40. The second kappa shape index (κ2) is 9.63. The summed E-state index contributed by atoms with van der Waals surface area (Å²) >= 11 is 0. The highest BCUT2D eigenvalue weighted by atomic mass is 16.5. The lowest BCUT2D eigenvalue weighted by atomic mass is 9.54. The molecule has 0 aliphatic heterocycles. The number of carbonyl (C=O) groups is 2. The molecular weight excluding hydrogens is 352 g/mol. The molecule has 4 heteroatoms. The smallest absolute Gasteiger partial charge is 0.309 e. The zero-order valence-corrected chi connectivity index (χ0v) is 18.8. The SMILES string of the molecule is CCCCCC1(C)CC(C)(C)CC(C)C1COC(=O)C1CCCCC1C(=O)O. The summed E-state index contributed by atoms with van der Waals surface area (Å²) in [6, 6.07) is 0. The molecule has 2 rings (SSSR count). The first-order valence-corrected chi connectivity index (χ1v) is 11.5. The molecule has 0 heterocycles.